The Labute approximate surface area is 211 Å². The largest absolute Gasteiger partial charge is 0.378 e. The molecule has 4 atom stereocenters. The zero-order chi connectivity index (χ0) is 25.7. The van der Waals surface area contributed by atoms with Crippen LogP contribution in [-0.2, 0) is 20.6 Å². The summed E-state index contributed by atoms with van der Waals surface area (Å²) in [4.78, 5) is 0. The Bertz CT molecular complexity index is 1010. The van der Waals surface area contributed by atoms with Gasteiger partial charge in [0.05, 0.1) is 12.7 Å². The minimum Gasteiger partial charge on any atom is -0.378 e. The van der Waals surface area contributed by atoms with Gasteiger partial charge in [-0.1, -0.05) is 37.6 Å². The Morgan fingerprint density at radius 3 is 2.17 bits per heavy atom. The van der Waals surface area contributed by atoms with Crippen LogP contribution in [0, 0.1) is 29.2 Å². The maximum atomic E-state index is 15.0. The number of hydrogen-bond acceptors (Lipinski definition) is 3. The molecule has 0 aliphatic carbocycles. The molecule has 3 nitrogen and oxygen atoms in total. The predicted molar refractivity (Wildman–Crippen MR) is 131 cm³/mol. The molecule has 198 valence electrons. The van der Waals surface area contributed by atoms with Crippen LogP contribution < -0.4 is 0 Å². The zero-order valence-corrected chi connectivity index (χ0v) is 21.1. The summed E-state index contributed by atoms with van der Waals surface area (Å²) in [5, 5.41) is 0. The zero-order valence-electron chi connectivity index (χ0n) is 21.1. The number of benzene rings is 2. The first-order chi connectivity index (χ1) is 17.4. The lowest BCUT2D eigenvalue weighted by Gasteiger charge is -2.29. The van der Waals surface area contributed by atoms with Crippen molar-refractivity contribution < 1.29 is 31.8 Å². The van der Waals surface area contributed by atoms with Crippen LogP contribution in [0.25, 0.3) is 11.1 Å². The van der Waals surface area contributed by atoms with Crippen molar-refractivity contribution in [1.82, 2.24) is 0 Å². The molecular weight excluding hydrogens is 472 g/mol. The van der Waals surface area contributed by atoms with E-state index >= 15 is 8.78 Å². The molecular formula is C29H36F4O3. The van der Waals surface area contributed by atoms with E-state index in [0.29, 0.717) is 38.2 Å². The van der Waals surface area contributed by atoms with E-state index in [9.17, 15) is 8.78 Å². The summed E-state index contributed by atoms with van der Waals surface area (Å²) < 4.78 is 76.9. The monoisotopic (exact) mass is 508 g/mol. The first kappa shape index (κ1) is 27.1. The molecule has 0 saturated carbocycles. The molecule has 0 bridgehead atoms. The van der Waals surface area contributed by atoms with Gasteiger partial charge in [-0.15, -0.1) is 0 Å². The van der Waals surface area contributed by atoms with Gasteiger partial charge in [0, 0.05) is 30.3 Å². The van der Waals surface area contributed by atoms with Crippen LogP contribution in [-0.4, -0.2) is 32.2 Å². The van der Waals surface area contributed by atoms with Crippen molar-refractivity contribution >= 4 is 0 Å². The van der Waals surface area contributed by atoms with Crippen LogP contribution in [0.4, 0.5) is 17.6 Å². The Kier molecular flexibility index (Phi) is 9.42. The lowest BCUT2D eigenvalue weighted by atomic mass is 9.90. The molecule has 2 aliphatic rings. The molecule has 0 aromatic heterocycles. The Hall–Kier alpha value is -1.96. The van der Waals surface area contributed by atoms with Crippen molar-refractivity contribution in [3.63, 3.8) is 0 Å². The van der Waals surface area contributed by atoms with Gasteiger partial charge in [-0.2, -0.15) is 0 Å². The molecule has 0 spiro atoms. The number of aryl methyl sites for hydroxylation is 1. The van der Waals surface area contributed by atoms with Crippen molar-refractivity contribution in [1.29, 1.82) is 0 Å². The standard InChI is InChI=1S/C29H36F4O3/c1-3-5-18-6-10-21(35-16-18)11-7-19-8-12-23(28(32)26(19)30)24-14-13-22(27(31)29(24)33)20-9-15-25(34-4-2)36-17-20/h8,12-14,18,20-21,25H,3-7,9-11,15-17H2,1-2H3. The summed E-state index contributed by atoms with van der Waals surface area (Å²) in [5.74, 6) is -4.14. The molecule has 2 aliphatic heterocycles. The second-order valence-electron chi connectivity index (χ2n) is 9.95. The van der Waals surface area contributed by atoms with Gasteiger partial charge in [-0.05, 0) is 68.9 Å². The third kappa shape index (κ3) is 6.12. The highest BCUT2D eigenvalue weighted by atomic mass is 19.2. The van der Waals surface area contributed by atoms with Crippen LogP contribution in [0.15, 0.2) is 24.3 Å². The maximum Gasteiger partial charge on any atom is 0.167 e. The predicted octanol–water partition coefficient (Wildman–Crippen LogP) is 7.69. The Balaban J connectivity index is 1.43. The van der Waals surface area contributed by atoms with Crippen molar-refractivity contribution in [2.75, 3.05) is 19.8 Å². The number of halogens is 4. The fraction of sp³-hybridized carbons (Fsp3) is 0.586. The van der Waals surface area contributed by atoms with E-state index in [4.69, 9.17) is 14.2 Å². The van der Waals surface area contributed by atoms with E-state index in [1.165, 1.54) is 24.3 Å². The second kappa shape index (κ2) is 12.5. The van der Waals surface area contributed by atoms with Crippen LogP contribution in [0.2, 0.25) is 0 Å². The average molecular weight is 509 g/mol. The van der Waals surface area contributed by atoms with Crippen LogP contribution >= 0.6 is 0 Å². The summed E-state index contributed by atoms with van der Waals surface area (Å²) >= 11 is 0. The maximum absolute atomic E-state index is 15.0. The molecule has 7 heteroatoms. The van der Waals surface area contributed by atoms with Gasteiger partial charge >= 0.3 is 0 Å². The molecule has 4 unspecified atom stereocenters. The molecule has 2 saturated heterocycles. The summed E-state index contributed by atoms with van der Waals surface area (Å²) in [5.41, 5.74) is -0.180. The Morgan fingerprint density at radius 1 is 0.778 bits per heavy atom. The van der Waals surface area contributed by atoms with Crippen LogP contribution in [0.3, 0.4) is 0 Å². The minimum absolute atomic E-state index is 0.0342. The van der Waals surface area contributed by atoms with E-state index in [1.54, 1.807) is 0 Å². The van der Waals surface area contributed by atoms with E-state index in [-0.39, 0.29) is 47.2 Å². The van der Waals surface area contributed by atoms with Crippen molar-refractivity contribution in [3.8, 4) is 11.1 Å². The SMILES string of the molecule is CCCC1CCC(CCc2ccc(-c3ccc(C4CCC(OCC)OC4)c(F)c3F)c(F)c2F)OC1. The smallest absolute Gasteiger partial charge is 0.167 e. The molecule has 0 radical (unpaired) electrons. The average Bonchev–Trinajstić information content (AvgIpc) is 2.89. The summed E-state index contributed by atoms with van der Waals surface area (Å²) in [7, 11) is 0. The van der Waals surface area contributed by atoms with Gasteiger partial charge in [0.15, 0.2) is 29.6 Å². The number of ether oxygens (including phenoxy) is 3. The summed E-state index contributed by atoms with van der Waals surface area (Å²) in [6, 6.07) is 5.56. The minimum atomic E-state index is -1.18. The lowest BCUT2D eigenvalue weighted by Crippen LogP contribution is -2.27. The molecule has 2 heterocycles. The summed E-state index contributed by atoms with van der Waals surface area (Å²) in [6.07, 6.45) is 6.07. The van der Waals surface area contributed by atoms with E-state index in [2.05, 4.69) is 6.92 Å². The lowest BCUT2D eigenvalue weighted by molar-refractivity contribution is -0.164. The highest BCUT2D eigenvalue weighted by Crippen LogP contribution is 2.36. The van der Waals surface area contributed by atoms with Gasteiger partial charge in [-0.3, -0.25) is 0 Å². The molecule has 2 aromatic carbocycles. The topological polar surface area (TPSA) is 27.7 Å². The molecule has 0 N–H and O–H groups in total. The molecule has 2 aromatic rings. The highest BCUT2D eigenvalue weighted by Gasteiger charge is 2.28. The van der Waals surface area contributed by atoms with Crippen molar-refractivity contribution in [2.24, 2.45) is 5.92 Å². The van der Waals surface area contributed by atoms with Crippen LogP contribution in [0.5, 0.6) is 0 Å². The Morgan fingerprint density at radius 2 is 1.53 bits per heavy atom. The van der Waals surface area contributed by atoms with Crippen LogP contribution in [0.1, 0.15) is 75.8 Å². The van der Waals surface area contributed by atoms with E-state index in [1.807, 2.05) is 6.92 Å². The molecule has 4 rings (SSSR count). The van der Waals surface area contributed by atoms with Gasteiger partial charge in [0.25, 0.3) is 0 Å². The van der Waals surface area contributed by atoms with E-state index in [0.717, 1.165) is 32.3 Å². The molecule has 0 amide bonds. The summed E-state index contributed by atoms with van der Waals surface area (Å²) in [6.45, 7) is 5.47. The van der Waals surface area contributed by atoms with Gasteiger partial charge in [0.1, 0.15) is 0 Å². The van der Waals surface area contributed by atoms with E-state index < -0.39 is 23.3 Å². The molecule has 2 fully saturated rings. The highest BCUT2D eigenvalue weighted by molar-refractivity contribution is 5.66. The first-order valence-electron chi connectivity index (χ1n) is 13.2. The first-order valence-corrected chi connectivity index (χ1v) is 13.2. The molecule has 36 heavy (non-hydrogen) atoms. The fourth-order valence-corrected chi connectivity index (χ4v) is 5.41. The van der Waals surface area contributed by atoms with Crippen molar-refractivity contribution in [3.05, 3.63) is 58.7 Å². The fourth-order valence-electron chi connectivity index (χ4n) is 5.41. The van der Waals surface area contributed by atoms with Crippen molar-refractivity contribution in [2.45, 2.75) is 83.5 Å². The van der Waals surface area contributed by atoms with Gasteiger partial charge in [-0.25, -0.2) is 17.6 Å². The van der Waals surface area contributed by atoms with Gasteiger partial charge < -0.3 is 14.2 Å². The third-order valence-electron chi connectivity index (χ3n) is 7.49. The van der Waals surface area contributed by atoms with Gasteiger partial charge in [0.2, 0.25) is 0 Å². The quantitative estimate of drug-likeness (QED) is 0.325. The normalized spacial score (nSPS) is 24.7. The second-order valence-corrected chi connectivity index (χ2v) is 9.95. The third-order valence-corrected chi connectivity index (χ3v) is 7.49. The number of hydrogen-bond donors (Lipinski definition) is 0. The number of rotatable bonds is 9.